The molecule has 0 saturated carbocycles. The standard InChI is InChI=1S/C17H16Cl2N/c1-11-3-5-12(6-4-11)15-9-20(2)10-16-14(15)7-13(18)8-17(16)19/h3-8,15H,1,9-10H2,2H3. The summed E-state index contributed by atoms with van der Waals surface area (Å²) < 4.78 is 0. The summed E-state index contributed by atoms with van der Waals surface area (Å²) in [6.45, 7) is 5.78. The van der Waals surface area contributed by atoms with E-state index in [9.17, 15) is 0 Å². The van der Waals surface area contributed by atoms with Crippen molar-refractivity contribution in [2.24, 2.45) is 0 Å². The number of halogens is 2. The molecule has 1 atom stereocenters. The monoisotopic (exact) mass is 304 g/mol. The van der Waals surface area contributed by atoms with Crippen LogP contribution in [0.2, 0.25) is 10.0 Å². The lowest BCUT2D eigenvalue weighted by atomic mass is 9.84. The molecule has 0 bridgehead atoms. The van der Waals surface area contributed by atoms with E-state index in [1.54, 1.807) is 0 Å². The van der Waals surface area contributed by atoms with Crippen LogP contribution in [0.15, 0.2) is 36.4 Å². The summed E-state index contributed by atoms with van der Waals surface area (Å²) in [5.41, 5.74) is 4.75. The van der Waals surface area contributed by atoms with Crippen molar-refractivity contribution in [2.45, 2.75) is 12.5 Å². The largest absolute Gasteiger partial charge is 0.301 e. The van der Waals surface area contributed by atoms with Gasteiger partial charge < -0.3 is 4.90 Å². The van der Waals surface area contributed by atoms with E-state index in [0.29, 0.717) is 10.9 Å². The Morgan fingerprint density at radius 2 is 1.85 bits per heavy atom. The Kier molecular flexibility index (Phi) is 3.76. The van der Waals surface area contributed by atoms with Crippen LogP contribution in [-0.4, -0.2) is 18.5 Å². The predicted octanol–water partition coefficient (Wildman–Crippen LogP) is 4.75. The van der Waals surface area contributed by atoms with Gasteiger partial charge in [0.2, 0.25) is 0 Å². The molecule has 1 unspecified atom stereocenters. The lowest BCUT2D eigenvalue weighted by Gasteiger charge is -2.33. The molecule has 0 aliphatic carbocycles. The molecule has 2 aromatic rings. The maximum atomic E-state index is 6.37. The molecule has 0 fully saturated rings. The van der Waals surface area contributed by atoms with Crippen LogP contribution >= 0.6 is 23.2 Å². The van der Waals surface area contributed by atoms with E-state index in [0.717, 1.165) is 23.7 Å². The van der Waals surface area contributed by atoms with E-state index >= 15 is 0 Å². The Bertz CT molecular complexity index is 634. The fourth-order valence-electron chi connectivity index (χ4n) is 2.88. The third kappa shape index (κ3) is 2.58. The minimum atomic E-state index is 0.306. The van der Waals surface area contributed by atoms with Gasteiger partial charge in [-0.2, -0.15) is 0 Å². The van der Waals surface area contributed by atoms with E-state index in [4.69, 9.17) is 23.2 Å². The maximum Gasteiger partial charge on any atom is 0.0468 e. The van der Waals surface area contributed by atoms with Gasteiger partial charge in [-0.1, -0.05) is 47.5 Å². The zero-order valence-electron chi connectivity index (χ0n) is 11.4. The molecule has 0 saturated heterocycles. The highest BCUT2D eigenvalue weighted by molar-refractivity contribution is 6.35. The Morgan fingerprint density at radius 3 is 2.55 bits per heavy atom. The highest BCUT2D eigenvalue weighted by atomic mass is 35.5. The van der Waals surface area contributed by atoms with Gasteiger partial charge in [-0.15, -0.1) is 0 Å². The molecule has 1 nitrogen and oxygen atoms in total. The Balaban J connectivity index is 2.12. The van der Waals surface area contributed by atoms with Gasteiger partial charge in [0.05, 0.1) is 0 Å². The molecule has 1 heterocycles. The normalized spacial score (nSPS) is 18.9. The van der Waals surface area contributed by atoms with Crippen LogP contribution < -0.4 is 0 Å². The van der Waals surface area contributed by atoms with E-state index < -0.39 is 0 Å². The van der Waals surface area contributed by atoms with Gasteiger partial charge in [-0.25, -0.2) is 0 Å². The molecule has 3 rings (SSSR count). The van der Waals surface area contributed by atoms with Crippen LogP contribution in [0.3, 0.4) is 0 Å². The average Bonchev–Trinajstić information content (AvgIpc) is 2.40. The smallest absolute Gasteiger partial charge is 0.0468 e. The van der Waals surface area contributed by atoms with Gasteiger partial charge in [0.15, 0.2) is 0 Å². The zero-order valence-corrected chi connectivity index (χ0v) is 12.9. The number of benzene rings is 2. The lowest BCUT2D eigenvalue weighted by molar-refractivity contribution is 0.295. The second kappa shape index (κ2) is 5.40. The van der Waals surface area contributed by atoms with Crippen molar-refractivity contribution >= 4 is 23.2 Å². The van der Waals surface area contributed by atoms with Crippen LogP contribution in [0.5, 0.6) is 0 Å². The lowest BCUT2D eigenvalue weighted by Crippen LogP contribution is -2.31. The van der Waals surface area contributed by atoms with Crippen molar-refractivity contribution < 1.29 is 0 Å². The van der Waals surface area contributed by atoms with E-state index in [1.807, 2.05) is 6.07 Å². The molecule has 3 heteroatoms. The fourth-order valence-corrected chi connectivity index (χ4v) is 3.45. The van der Waals surface area contributed by atoms with Crippen LogP contribution in [0.1, 0.15) is 28.2 Å². The first-order valence-corrected chi connectivity index (χ1v) is 7.38. The first-order chi connectivity index (χ1) is 9.54. The Labute approximate surface area is 130 Å². The topological polar surface area (TPSA) is 3.24 Å². The zero-order chi connectivity index (χ0) is 14.3. The van der Waals surface area contributed by atoms with Crippen molar-refractivity contribution in [2.75, 3.05) is 13.6 Å². The number of nitrogens with zero attached hydrogens (tertiary/aromatic N) is 1. The minimum absolute atomic E-state index is 0.306. The number of hydrogen-bond donors (Lipinski definition) is 0. The van der Waals surface area contributed by atoms with Crippen molar-refractivity contribution in [3.8, 4) is 0 Å². The molecule has 20 heavy (non-hydrogen) atoms. The van der Waals surface area contributed by atoms with Gasteiger partial charge in [-0.3, -0.25) is 0 Å². The van der Waals surface area contributed by atoms with Crippen molar-refractivity contribution in [1.82, 2.24) is 4.90 Å². The van der Waals surface area contributed by atoms with E-state index in [1.165, 1.54) is 16.7 Å². The van der Waals surface area contributed by atoms with Gasteiger partial charge in [-0.05, 0) is 48.4 Å². The minimum Gasteiger partial charge on any atom is -0.301 e. The summed E-state index contributed by atoms with van der Waals surface area (Å²) in [6.07, 6.45) is 0. The molecular weight excluding hydrogens is 289 g/mol. The van der Waals surface area contributed by atoms with Gasteiger partial charge in [0.1, 0.15) is 0 Å². The van der Waals surface area contributed by atoms with Gasteiger partial charge >= 0.3 is 0 Å². The molecule has 103 valence electrons. The molecular formula is C17H16Cl2N. The quantitative estimate of drug-likeness (QED) is 0.734. The highest BCUT2D eigenvalue weighted by Crippen LogP contribution is 2.38. The number of hydrogen-bond acceptors (Lipinski definition) is 1. The summed E-state index contributed by atoms with van der Waals surface area (Å²) in [5.74, 6) is 0.306. The third-order valence-electron chi connectivity index (χ3n) is 3.87. The summed E-state index contributed by atoms with van der Waals surface area (Å²) in [6, 6.07) is 12.3. The van der Waals surface area contributed by atoms with Crippen LogP contribution in [0, 0.1) is 6.92 Å². The third-order valence-corrected chi connectivity index (χ3v) is 4.43. The average molecular weight is 305 g/mol. The highest BCUT2D eigenvalue weighted by Gasteiger charge is 2.26. The molecule has 0 amide bonds. The van der Waals surface area contributed by atoms with Crippen LogP contribution in [0.4, 0.5) is 0 Å². The molecule has 0 spiro atoms. The fraction of sp³-hybridized carbons (Fsp3) is 0.235. The summed E-state index contributed by atoms with van der Waals surface area (Å²) in [4.78, 5) is 2.30. The second-order valence-corrected chi connectivity index (χ2v) is 6.29. The van der Waals surface area contributed by atoms with Gasteiger partial charge in [0, 0.05) is 29.1 Å². The van der Waals surface area contributed by atoms with Crippen molar-refractivity contribution in [3.05, 3.63) is 75.6 Å². The number of rotatable bonds is 1. The molecule has 0 N–H and O–H groups in total. The SMILES string of the molecule is [CH2]c1ccc(C2CN(C)Cc3c(Cl)cc(Cl)cc32)cc1. The van der Waals surface area contributed by atoms with Crippen LogP contribution in [-0.2, 0) is 6.54 Å². The number of fused-ring (bicyclic) bond motifs is 1. The van der Waals surface area contributed by atoms with E-state index in [2.05, 4.69) is 49.2 Å². The predicted molar refractivity (Wildman–Crippen MR) is 85.5 cm³/mol. The number of likely N-dealkylation sites (N-methyl/N-ethyl adjacent to an activating group) is 1. The second-order valence-electron chi connectivity index (χ2n) is 5.45. The summed E-state index contributed by atoms with van der Waals surface area (Å²) in [5, 5.41) is 1.47. The first-order valence-electron chi connectivity index (χ1n) is 6.63. The molecule has 1 radical (unpaired) electrons. The summed E-state index contributed by atoms with van der Waals surface area (Å²) >= 11 is 12.6. The maximum absolute atomic E-state index is 6.37. The first kappa shape index (κ1) is 13.9. The van der Waals surface area contributed by atoms with Crippen LogP contribution in [0.25, 0.3) is 0 Å². The van der Waals surface area contributed by atoms with E-state index in [-0.39, 0.29) is 0 Å². The molecule has 2 aromatic carbocycles. The summed E-state index contributed by atoms with van der Waals surface area (Å²) in [7, 11) is 2.12. The Morgan fingerprint density at radius 1 is 1.15 bits per heavy atom. The van der Waals surface area contributed by atoms with Crippen molar-refractivity contribution in [3.63, 3.8) is 0 Å². The molecule has 0 aromatic heterocycles. The van der Waals surface area contributed by atoms with Crippen molar-refractivity contribution in [1.29, 1.82) is 0 Å². The molecule has 1 aliphatic rings. The Hall–Kier alpha value is -1.02. The molecule has 1 aliphatic heterocycles. The van der Waals surface area contributed by atoms with Gasteiger partial charge in [0.25, 0.3) is 0 Å².